The van der Waals surface area contributed by atoms with Gasteiger partial charge in [-0.25, -0.2) is 0 Å². The van der Waals surface area contributed by atoms with Crippen molar-refractivity contribution in [3.8, 4) is 0 Å². The summed E-state index contributed by atoms with van der Waals surface area (Å²) in [5.74, 6) is 0. The van der Waals surface area contributed by atoms with Crippen LogP contribution in [0, 0.1) is 13.8 Å². The number of fused-ring (bicyclic) bond motifs is 3. The molecule has 0 radical (unpaired) electrons. The van der Waals surface area contributed by atoms with Crippen LogP contribution in [0.15, 0.2) is 36.4 Å². The highest BCUT2D eigenvalue weighted by atomic mass is 14.7. The highest BCUT2D eigenvalue weighted by Gasteiger charge is 2.03. The normalized spacial score (nSPS) is 10.6. The zero-order chi connectivity index (χ0) is 10.4. The summed E-state index contributed by atoms with van der Waals surface area (Å²) < 4.78 is 0. The number of aromatic amines is 1. The van der Waals surface area contributed by atoms with Gasteiger partial charge in [-0.05, 0) is 38.1 Å². The Balaban J connectivity index is 0.000000963. The Morgan fingerprint density at radius 1 is 0.750 bits per heavy atom. The molecule has 2 aromatic carbocycles. The summed E-state index contributed by atoms with van der Waals surface area (Å²) >= 11 is 0. The largest absolute Gasteiger partial charge is 0.355 e. The van der Waals surface area contributed by atoms with E-state index in [1.54, 1.807) is 0 Å². The predicted octanol–water partition coefficient (Wildman–Crippen LogP) is 4.57. The number of hydrogen-bond donors (Lipinski definition) is 1. The molecule has 16 heavy (non-hydrogen) atoms. The number of aromatic nitrogens is 1. The Morgan fingerprint density at radius 3 is 1.62 bits per heavy atom. The van der Waals surface area contributed by atoms with Crippen LogP contribution in [0.2, 0.25) is 0 Å². The summed E-state index contributed by atoms with van der Waals surface area (Å²) in [5, 5.41) is 2.66. The molecule has 0 spiro atoms. The number of H-pyrrole nitrogens is 1. The second kappa shape index (κ2) is 3.67. The van der Waals surface area contributed by atoms with E-state index < -0.39 is 0 Å². The van der Waals surface area contributed by atoms with Crippen LogP contribution in [0.4, 0.5) is 0 Å². The van der Waals surface area contributed by atoms with E-state index in [1.165, 1.54) is 32.9 Å². The molecule has 0 unspecified atom stereocenters. The minimum Gasteiger partial charge on any atom is -0.355 e. The molecule has 3 aromatic rings. The summed E-state index contributed by atoms with van der Waals surface area (Å²) in [6.45, 7) is 4.27. The number of rotatable bonds is 0. The highest BCUT2D eigenvalue weighted by Crippen LogP contribution is 2.26. The Hall–Kier alpha value is -1.76. The van der Waals surface area contributed by atoms with Crippen molar-refractivity contribution >= 4 is 21.8 Å². The fourth-order valence-corrected chi connectivity index (χ4v) is 2.12. The van der Waals surface area contributed by atoms with Crippen molar-refractivity contribution < 1.29 is 0 Å². The number of aryl methyl sites for hydroxylation is 2. The van der Waals surface area contributed by atoms with Gasteiger partial charge in [0.15, 0.2) is 0 Å². The van der Waals surface area contributed by atoms with Crippen LogP contribution in [0.1, 0.15) is 18.6 Å². The van der Waals surface area contributed by atoms with E-state index in [1.807, 2.05) is 0 Å². The van der Waals surface area contributed by atoms with Crippen LogP contribution in [-0.4, -0.2) is 4.98 Å². The fraction of sp³-hybridized carbons (Fsp3) is 0.200. The fourth-order valence-electron chi connectivity index (χ4n) is 2.12. The molecule has 1 heteroatoms. The summed E-state index contributed by atoms with van der Waals surface area (Å²) in [6, 6.07) is 13.1. The molecule has 1 nitrogen and oxygen atoms in total. The van der Waals surface area contributed by atoms with Crippen LogP contribution >= 0.6 is 0 Å². The molecular weight excluding hydrogens is 194 g/mol. The Labute approximate surface area is 96.1 Å². The minimum absolute atomic E-state index is 0. The van der Waals surface area contributed by atoms with E-state index in [4.69, 9.17) is 0 Å². The maximum absolute atomic E-state index is 3.43. The standard InChI is InChI=1S/C14H13N.CH4/c1-9-3-5-13-11(7-9)12-8-10(2)4-6-14(12)15-13;/h3-8,15H,1-2H3;1H4. The van der Waals surface area contributed by atoms with Crippen LogP contribution in [0.25, 0.3) is 21.8 Å². The monoisotopic (exact) mass is 211 g/mol. The van der Waals surface area contributed by atoms with Crippen molar-refractivity contribution in [2.75, 3.05) is 0 Å². The third-order valence-electron chi connectivity index (χ3n) is 2.91. The van der Waals surface area contributed by atoms with Gasteiger partial charge in [0, 0.05) is 21.8 Å². The molecule has 0 saturated carbocycles. The second-order valence-corrected chi connectivity index (χ2v) is 4.22. The molecular formula is C15H17N. The zero-order valence-corrected chi connectivity index (χ0v) is 8.96. The molecule has 0 atom stereocenters. The summed E-state index contributed by atoms with van der Waals surface area (Å²) in [4.78, 5) is 3.43. The highest BCUT2D eigenvalue weighted by molar-refractivity contribution is 6.07. The van der Waals surface area contributed by atoms with Gasteiger partial charge in [-0.15, -0.1) is 0 Å². The van der Waals surface area contributed by atoms with E-state index in [9.17, 15) is 0 Å². The van der Waals surface area contributed by atoms with Crippen molar-refractivity contribution in [1.29, 1.82) is 0 Å². The van der Waals surface area contributed by atoms with Gasteiger partial charge in [0.05, 0.1) is 0 Å². The SMILES string of the molecule is C.Cc1ccc2[nH]c3ccc(C)cc3c2c1. The van der Waals surface area contributed by atoms with Gasteiger partial charge in [-0.3, -0.25) is 0 Å². The molecule has 0 amide bonds. The van der Waals surface area contributed by atoms with Crippen molar-refractivity contribution in [3.63, 3.8) is 0 Å². The van der Waals surface area contributed by atoms with E-state index in [2.05, 4.69) is 55.2 Å². The number of hydrogen-bond acceptors (Lipinski definition) is 0. The van der Waals surface area contributed by atoms with Crippen LogP contribution in [-0.2, 0) is 0 Å². The van der Waals surface area contributed by atoms with E-state index in [-0.39, 0.29) is 7.43 Å². The molecule has 0 saturated heterocycles. The first kappa shape index (κ1) is 10.7. The van der Waals surface area contributed by atoms with Gasteiger partial charge >= 0.3 is 0 Å². The maximum atomic E-state index is 3.43. The molecule has 0 aliphatic carbocycles. The third-order valence-corrected chi connectivity index (χ3v) is 2.91. The molecule has 1 N–H and O–H groups in total. The number of benzene rings is 2. The summed E-state index contributed by atoms with van der Waals surface area (Å²) in [6.07, 6.45) is 0. The molecule has 0 fully saturated rings. The molecule has 3 rings (SSSR count). The number of nitrogens with one attached hydrogen (secondary N) is 1. The Bertz CT molecular complexity index is 591. The lowest BCUT2D eigenvalue weighted by Gasteiger charge is -1.94. The van der Waals surface area contributed by atoms with Crippen LogP contribution in [0.5, 0.6) is 0 Å². The van der Waals surface area contributed by atoms with Crippen molar-refractivity contribution in [2.45, 2.75) is 21.3 Å². The maximum Gasteiger partial charge on any atom is 0.0465 e. The lowest BCUT2D eigenvalue weighted by atomic mass is 10.1. The lowest BCUT2D eigenvalue weighted by Crippen LogP contribution is -1.72. The zero-order valence-electron chi connectivity index (χ0n) is 8.96. The molecule has 0 aliphatic heterocycles. The summed E-state index contributed by atoms with van der Waals surface area (Å²) in [7, 11) is 0. The Morgan fingerprint density at radius 2 is 1.19 bits per heavy atom. The average molecular weight is 211 g/mol. The smallest absolute Gasteiger partial charge is 0.0465 e. The van der Waals surface area contributed by atoms with Crippen LogP contribution < -0.4 is 0 Å². The van der Waals surface area contributed by atoms with Crippen molar-refractivity contribution in [1.82, 2.24) is 4.98 Å². The quantitative estimate of drug-likeness (QED) is 0.560. The average Bonchev–Trinajstić information content (AvgIpc) is 2.56. The van der Waals surface area contributed by atoms with Crippen molar-refractivity contribution in [2.24, 2.45) is 0 Å². The van der Waals surface area contributed by atoms with E-state index >= 15 is 0 Å². The van der Waals surface area contributed by atoms with Gasteiger partial charge in [0.1, 0.15) is 0 Å². The van der Waals surface area contributed by atoms with Gasteiger partial charge in [-0.1, -0.05) is 30.7 Å². The van der Waals surface area contributed by atoms with Crippen molar-refractivity contribution in [3.05, 3.63) is 47.5 Å². The third kappa shape index (κ3) is 1.49. The topological polar surface area (TPSA) is 15.8 Å². The molecule has 82 valence electrons. The first-order chi connectivity index (χ1) is 7.24. The van der Waals surface area contributed by atoms with E-state index in [0.29, 0.717) is 0 Å². The second-order valence-electron chi connectivity index (χ2n) is 4.22. The van der Waals surface area contributed by atoms with Crippen LogP contribution in [0.3, 0.4) is 0 Å². The molecule has 0 aliphatic rings. The Kier molecular flexibility index (Phi) is 2.47. The van der Waals surface area contributed by atoms with Gasteiger partial charge < -0.3 is 4.98 Å². The predicted molar refractivity (Wildman–Crippen MR) is 72.0 cm³/mol. The first-order valence-electron chi connectivity index (χ1n) is 5.23. The lowest BCUT2D eigenvalue weighted by molar-refractivity contribution is 1.48. The first-order valence-corrected chi connectivity index (χ1v) is 5.23. The van der Waals surface area contributed by atoms with E-state index in [0.717, 1.165) is 0 Å². The molecule has 0 bridgehead atoms. The molecule has 1 aromatic heterocycles. The molecule has 1 heterocycles. The van der Waals surface area contributed by atoms with Gasteiger partial charge in [0.2, 0.25) is 0 Å². The summed E-state index contributed by atoms with van der Waals surface area (Å²) in [5.41, 5.74) is 5.07. The minimum atomic E-state index is 0. The van der Waals surface area contributed by atoms with Gasteiger partial charge in [0.25, 0.3) is 0 Å². The van der Waals surface area contributed by atoms with Gasteiger partial charge in [-0.2, -0.15) is 0 Å².